The largest absolute Gasteiger partial charge is 0.308 e. The number of hydrogen-bond acceptors (Lipinski definition) is 6. The van der Waals surface area contributed by atoms with E-state index in [1.165, 1.54) is 41.6 Å². The molecule has 0 saturated heterocycles. The Hall–Kier alpha value is -2.85. The van der Waals surface area contributed by atoms with Gasteiger partial charge in [-0.15, -0.1) is 0 Å². The lowest BCUT2D eigenvalue weighted by atomic mass is 10.1. The molecule has 3 aromatic rings. The lowest BCUT2D eigenvalue weighted by Gasteiger charge is -2.23. The van der Waals surface area contributed by atoms with Crippen molar-refractivity contribution in [3.05, 3.63) is 82.4 Å². The highest BCUT2D eigenvalue weighted by molar-refractivity contribution is 7.89. The number of anilines is 1. The number of ketones is 1. The first-order chi connectivity index (χ1) is 14.6. The van der Waals surface area contributed by atoms with Gasteiger partial charge in [0.05, 0.1) is 27.9 Å². The standard InChI is InChI=1S/C20H16Cl2N4O4S/c21-16-6-5-13(9-17(16)22)12-26(14-3-1-4-15(10-14)31(23,29)30)19(28)11-18(27)20-24-7-2-8-25-20/h1-10H,11-12H2,(H2,23,29,30). The van der Waals surface area contributed by atoms with Crippen molar-refractivity contribution in [2.45, 2.75) is 17.9 Å². The monoisotopic (exact) mass is 478 g/mol. The number of primary sulfonamides is 1. The second-order valence-corrected chi connectivity index (χ2v) is 8.82. The Bertz CT molecular complexity index is 1240. The number of rotatable bonds is 7. The maximum atomic E-state index is 13.1. The molecule has 11 heteroatoms. The number of nitrogens with zero attached hydrogens (tertiary/aromatic N) is 3. The first-order valence-corrected chi connectivity index (χ1v) is 11.1. The summed E-state index contributed by atoms with van der Waals surface area (Å²) in [5.74, 6) is -1.26. The molecule has 8 nitrogen and oxygen atoms in total. The van der Waals surface area contributed by atoms with Crippen molar-refractivity contribution in [3.63, 3.8) is 0 Å². The molecule has 0 aliphatic heterocycles. The van der Waals surface area contributed by atoms with Crippen LogP contribution in [0.2, 0.25) is 10.0 Å². The van der Waals surface area contributed by atoms with Gasteiger partial charge in [0, 0.05) is 18.1 Å². The van der Waals surface area contributed by atoms with Crippen LogP contribution in [-0.2, 0) is 21.4 Å². The van der Waals surface area contributed by atoms with Crippen molar-refractivity contribution in [2.24, 2.45) is 5.14 Å². The molecule has 0 bridgehead atoms. The van der Waals surface area contributed by atoms with E-state index in [1.807, 2.05) is 0 Å². The van der Waals surface area contributed by atoms with E-state index >= 15 is 0 Å². The second kappa shape index (κ2) is 9.52. The summed E-state index contributed by atoms with van der Waals surface area (Å²) >= 11 is 12.0. The number of amides is 1. The van der Waals surface area contributed by atoms with Crippen LogP contribution in [0.4, 0.5) is 5.69 Å². The number of halogens is 2. The summed E-state index contributed by atoms with van der Waals surface area (Å²) in [5, 5.41) is 5.85. The minimum absolute atomic E-state index is 0.00667. The first kappa shape index (κ1) is 22.8. The van der Waals surface area contributed by atoms with Crippen LogP contribution in [0.5, 0.6) is 0 Å². The van der Waals surface area contributed by atoms with E-state index in [-0.39, 0.29) is 23.0 Å². The smallest absolute Gasteiger partial charge is 0.238 e. The highest BCUT2D eigenvalue weighted by Gasteiger charge is 2.23. The zero-order valence-corrected chi connectivity index (χ0v) is 18.2. The second-order valence-electron chi connectivity index (χ2n) is 6.44. The fourth-order valence-corrected chi connectivity index (χ4v) is 3.60. The van der Waals surface area contributed by atoms with Gasteiger partial charge < -0.3 is 4.90 Å². The molecular formula is C20H16Cl2N4O4S. The molecule has 1 amide bonds. The van der Waals surface area contributed by atoms with Crippen LogP contribution in [0.15, 0.2) is 65.8 Å². The van der Waals surface area contributed by atoms with Crippen LogP contribution in [0.1, 0.15) is 22.6 Å². The summed E-state index contributed by atoms with van der Waals surface area (Å²) in [6.45, 7) is 0.00667. The Morgan fingerprint density at radius 2 is 1.68 bits per heavy atom. The van der Waals surface area contributed by atoms with E-state index in [1.54, 1.807) is 24.3 Å². The minimum Gasteiger partial charge on any atom is -0.308 e. The van der Waals surface area contributed by atoms with Gasteiger partial charge in [0.15, 0.2) is 5.82 Å². The lowest BCUT2D eigenvalue weighted by Crippen LogP contribution is -2.32. The maximum absolute atomic E-state index is 13.1. The average Bonchev–Trinajstić information content (AvgIpc) is 2.74. The van der Waals surface area contributed by atoms with Gasteiger partial charge in [0.2, 0.25) is 21.7 Å². The molecule has 2 aromatic carbocycles. The third kappa shape index (κ3) is 5.86. The van der Waals surface area contributed by atoms with Crippen molar-refractivity contribution in [2.75, 3.05) is 4.90 Å². The number of benzene rings is 2. The van der Waals surface area contributed by atoms with Crippen LogP contribution in [0, 0.1) is 0 Å². The summed E-state index contributed by atoms with van der Waals surface area (Å²) < 4.78 is 23.5. The summed E-state index contributed by atoms with van der Waals surface area (Å²) in [5.41, 5.74) is 0.858. The fraction of sp³-hybridized carbons (Fsp3) is 0.100. The average molecular weight is 479 g/mol. The van der Waals surface area contributed by atoms with Crippen molar-refractivity contribution < 1.29 is 18.0 Å². The maximum Gasteiger partial charge on any atom is 0.238 e. The highest BCUT2D eigenvalue weighted by atomic mass is 35.5. The normalized spacial score (nSPS) is 11.2. The molecule has 0 spiro atoms. The lowest BCUT2D eigenvalue weighted by molar-refractivity contribution is -0.117. The Morgan fingerprint density at radius 1 is 0.968 bits per heavy atom. The van der Waals surface area contributed by atoms with Crippen molar-refractivity contribution in [1.29, 1.82) is 0 Å². The number of aromatic nitrogens is 2. The van der Waals surface area contributed by atoms with Crippen molar-refractivity contribution in [3.8, 4) is 0 Å². The molecule has 1 aromatic heterocycles. The van der Waals surface area contributed by atoms with Crippen LogP contribution >= 0.6 is 23.2 Å². The van der Waals surface area contributed by atoms with Crippen LogP contribution < -0.4 is 10.0 Å². The van der Waals surface area contributed by atoms with Gasteiger partial charge >= 0.3 is 0 Å². The molecule has 0 atom stereocenters. The van der Waals surface area contributed by atoms with Crippen molar-refractivity contribution >= 4 is 50.6 Å². The van der Waals surface area contributed by atoms with E-state index < -0.39 is 28.1 Å². The molecule has 2 N–H and O–H groups in total. The zero-order valence-electron chi connectivity index (χ0n) is 15.9. The molecule has 0 radical (unpaired) electrons. The Balaban J connectivity index is 1.96. The van der Waals surface area contributed by atoms with E-state index in [0.717, 1.165) is 0 Å². The molecule has 0 aliphatic carbocycles. The molecule has 0 unspecified atom stereocenters. The van der Waals surface area contributed by atoms with E-state index in [2.05, 4.69) is 9.97 Å². The van der Waals surface area contributed by atoms with Gasteiger partial charge in [-0.3, -0.25) is 9.59 Å². The predicted molar refractivity (Wildman–Crippen MR) is 116 cm³/mol. The summed E-state index contributed by atoms with van der Waals surface area (Å²) in [4.78, 5) is 34.3. The first-order valence-electron chi connectivity index (χ1n) is 8.82. The quantitative estimate of drug-likeness (QED) is 0.410. The van der Waals surface area contributed by atoms with Crippen LogP contribution in [0.25, 0.3) is 0 Å². The van der Waals surface area contributed by atoms with Crippen molar-refractivity contribution in [1.82, 2.24) is 9.97 Å². The number of Topliss-reactive ketones (excluding diaryl/α,β-unsaturated/α-hetero) is 1. The van der Waals surface area contributed by atoms with Gasteiger partial charge in [0.25, 0.3) is 0 Å². The minimum atomic E-state index is -4.00. The van der Waals surface area contributed by atoms with Gasteiger partial charge in [-0.25, -0.2) is 23.5 Å². The van der Waals surface area contributed by atoms with Gasteiger partial charge in [-0.05, 0) is 42.0 Å². The molecule has 1 heterocycles. The number of sulfonamides is 1. The molecule has 160 valence electrons. The molecule has 0 aliphatic rings. The summed E-state index contributed by atoms with van der Waals surface area (Å²) in [7, 11) is -4.00. The predicted octanol–water partition coefficient (Wildman–Crippen LogP) is 3.24. The van der Waals surface area contributed by atoms with E-state index in [4.69, 9.17) is 28.3 Å². The van der Waals surface area contributed by atoms with Gasteiger partial charge in [-0.2, -0.15) is 0 Å². The summed E-state index contributed by atoms with van der Waals surface area (Å²) in [6.07, 6.45) is 2.27. The molecule has 3 rings (SSSR count). The zero-order chi connectivity index (χ0) is 22.6. The number of carbonyl (C=O) groups excluding carboxylic acids is 2. The number of carbonyl (C=O) groups is 2. The van der Waals surface area contributed by atoms with Crippen LogP contribution in [0.3, 0.4) is 0 Å². The SMILES string of the molecule is NS(=O)(=O)c1cccc(N(Cc2ccc(Cl)c(Cl)c2)C(=O)CC(=O)c2ncccn2)c1. The Labute approximate surface area is 188 Å². The fourth-order valence-electron chi connectivity index (χ4n) is 2.73. The number of hydrogen-bond donors (Lipinski definition) is 1. The molecule has 0 saturated carbocycles. The third-order valence-corrected chi connectivity index (χ3v) is 5.86. The van der Waals surface area contributed by atoms with Crippen LogP contribution in [-0.4, -0.2) is 30.1 Å². The van der Waals surface area contributed by atoms with E-state index in [9.17, 15) is 18.0 Å². The number of nitrogens with two attached hydrogens (primary N) is 1. The molecular weight excluding hydrogens is 463 g/mol. The van der Waals surface area contributed by atoms with E-state index in [0.29, 0.717) is 15.6 Å². The Kier molecular flexibility index (Phi) is 7.01. The topological polar surface area (TPSA) is 123 Å². The molecule has 31 heavy (non-hydrogen) atoms. The highest BCUT2D eigenvalue weighted by Crippen LogP contribution is 2.26. The Morgan fingerprint density at radius 3 is 2.32 bits per heavy atom. The van der Waals surface area contributed by atoms with Gasteiger partial charge in [0.1, 0.15) is 0 Å². The summed E-state index contributed by atoms with van der Waals surface area (Å²) in [6, 6.07) is 11.9. The van der Waals surface area contributed by atoms with Gasteiger partial charge in [-0.1, -0.05) is 35.3 Å². The molecule has 0 fully saturated rings. The third-order valence-electron chi connectivity index (χ3n) is 4.21.